The van der Waals surface area contributed by atoms with Crippen LogP contribution < -0.4 is 0 Å². The van der Waals surface area contributed by atoms with Crippen LogP contribution in [0.1, 0.15) is 0 Å². The molecule has 2 rings (SSSR count). The Labute approximate surface area is 58.8 Å². The summed E-state index contributed by atoms with van der Waals surface area (Å²) in [6.07, 6.45) is 6.79. The van der Waals surface area contributed by atoms with E-state index in [9.17, 15) is 0 Å². The van der Waals surface area contributed by atoms with E-state index in [0.29, 0.717) is 11.4 Å². The highest BCUT2D eigenvalue weighted by molar-refractivity contribution is 8.03. The molecule has 0 aromatic carbocycles. The first-order valence-electron chi connectivity index (χ1n) is 3.07. The van der Waals surface area contributed by atoms with Gasteiger partial charge >= 0.3 is 0 Å². The van der Waals surface area contributed by atoms with E-state index >= 15 is 0 Å². The maximum atomic E-state index is 5.41. The second-order valence-electron chi connectivity index (χ2n) is 2.16. The molecule has 0 aliphatic carbocycles. The SMILES string of the molecule is C1=CC2SC=CC2OC1. The van der Waals surface area contributed by atoms with Gasteiger partial charge in [-0.2, -0.15) is 0 Å². The molecule has 0 saturated carbocycles. The third kappa shape index (κ3) is 0.926. The standard InChI is InChI=1S/C7H8OS/c1-2-7-6(8-4-1)3-5-9-7/h1-3,5-7H,4H2. The van der Waals surface area contributed by atoms with Crippen LogP contribution in [0.3, 0.4) is 0 Å². The van der Waals surface area contributed by atoms with Crippen molar-refractivity contribution in [2.75, 3.05) is 6.61 Å². The Hall–Kier alpha value is -0.210. The van der Waals surface area contributed by atoms with Gasteiger partial charge in [0.1, 0.15) is 0 Å². The van der Waals surface area contributed by atoms with Gasteiger partial charge < -0.3 is 4.74 Å². The van der Waals surface area contributed by atoms with E-state index < -0.39 is 0 Å². The molecule has 2 heterocycles. The van der Waals surface area contributed by atoms with Crippen molar-refractivity contribution in [2.45, 2.75) is 11.4 Å². The molecular weight excluding hydrogens is 132 g/mol. The van der Waals surface area contributed by atoms with Crippen LogP contribution in [0, 0.1) is 0 Å². The van der Waals surface area contributed by atoms with E-state index in [0.717, 1.165) is 6.61 Å². The number of hydrogen-bond acceptors (Lipinski definition) is 2. The highest BCUT2D eigenvalue weighted by Gasteiger charge is 2.23. The summed E-state index contributed by atoms with van der Waals surface area (Å²) in [4.78, 5) is 0. The lowest BCUT2D eigenvalue weighted by molar-refractivity contribution is 0.108. The van der Waals surface area contributed by atoms with Gasteiger partial charge in [-0.05, 0) is 11.5 Å². The third-order valence-corrected chi connectivity index (χ3v) is 2.59. The van der Waals surface area contributed by atoms with Crippen LogP contribution in [0.4, 0.5) is 0 Å². The average molecular weight is 140 g/mol. The average Bonchev–Trinajstić information content (AvgIpc) is 2.33. The Kier molecular flexibility index (Phi) is 1.36. The van der Waals surface area contributed by atoms with Gasteiger partial charge in [0.2, 0.25) is 0 Å². The van der Waals surface area contributed by atoms with Crippen LogP contribution in [-0.2, 0) is 4.74 Å². The number of rotatable bonds is 0. The molecule has 2 atom stereocenters. The maximum Gasteiger partial charge on any atom is 0.0924 e. The third-order valence-electron chi connectivity index (χ3n) is 1.54. The smallest absolute Gasteiger partial charge is 0.0924 e. The molecule has 0 spiro atoms. The molecular formula is C7H8OS. The molecule has 0 saturated heterocycles. The zero-order valence-corrected chi connectivity index (χ0v) is 5.80. The predicted octanol–water partition coefficient (Wildman–Crippen LogP) is 1.57. The Morgan fingerprint density at radius 1 is 1.44 bits per heavy atom. The van der Waals surface area contributed by atoms with Gasteiger partial charge in [0.05, 0.1) is 18.0 Å². The molecule has 48 valence electrons. The van der Waals surface area contributed by atoms with Crippen molar-refractivity contribution in [3.63, 3.8) is 0 Å². The lowest BCUT2D eigenvalue weighted by atomic mass is 10.2. The highest BCUT2D eigenvalue weighted by atomic mass is 32.2. The van der Waals surface area contributed by atoms with Crippen molar-refractivity contribution in [1.29, 1.82) is 0 Å². The lowest BCUT2D eigenvalue weighted by Crippen LogP contribution is -2.22. The summed E-state index contributed by atoms with van der Waals surface area (Å²) in [5.74, 6) is 0. The van der Waals surface area contributed by atoms with Gasteiger partial charge in [0, 0.05) is 0 Å². The summed E-state index contributed by atoms with van der Waals surface area (Å²) >= 11 is 1.83. The molecule has 9 heavy (non-hydrogen) atoms. The van der Waals surface area contributed by atoms with Crippen LogP contribution in [-0.4, -0.2) is 18.0 Å². The van der Waals surface area contributed by atoms with Crippen molar-refractivity contribution in [3.05, 3.63) is 23.6 Å². The second kappa shape index (κ2) is 2.20. The van der Waals surface area contributed by atoms with Crippen LogP contribution in [0.5, 0.6) is 0 Å². The largest absolute Gasteiger partial charge is 0.369 e. The minimum atomic E-state index is 0.361. The topological polar surface area (TPSA) is 9.23 Å². The summed E-state index contributed by atoms with van der Waals surface area (Å²) < 4.78 is 5.41. The predicted molar refractivity (Wildman–Crippen MR) is 39.4 cm³/mol. The zero-order valence-electron chi connectivity index (χ0n) is 4.99. The van der Waals surface area contributed by atoms with E-state index in [2.05, 4.69) is 23.6 Å². The van der Waals surface area contributed by atoms with Crippen molar-refractivity contribution in [3.8, 4) is 0 Å². The van der Waals surface area contributed by atoms with Crippen molar-refractivity contribution >= 4 is 11.8 Å². The highest BCUT2D eigenvalue weighted by Crippen LogP contribution is 2.29. The molecule has 0 aromatic heterocycles. The van der Waals surface area contributed by atoms with Crippen molar-refractivity contribution < 1.29 is 4.74 Å². The van der Waals surface area contributed by atoms with Gasteiger partial charge in [0.15, 0.2) is 0 Å². The van der Waals surface area contributed by atoms with Crippen LogP contribution in [0.25, 0.3) is 0 Å². The van der Waals surface area contributed by atoms with Crippen molar-refractivity contribution in [1.82, 2.24) is 0 Å². The Bertz CT molecular complexity index is 162. The van der Waals surface area contributed by atoms with E-state index in [1.54, 1.807) is 0 Å². The second-order valence-corrected chi connectivity index (χ2v) is 3.24. The van der Waals surface area contributed by atoms with E-state index in [1.165, 1.54) is 0 Å². The minimum absolute atomic E-state index is 0.361. The quantitative estimate of drug-likeness (QED) is 0.472. The van der Waals surface area contributed by atoms with Gasteiger partial charge in [-0.3, -0.25) is 0 Å². The zero-order chi connectivity index (χ0) is 6.10. The molecule has 2 heteroatoms. The molecule has 2 aliphatic heterocycles. The number of fused-ring (bicyclic) bond motifs is 1. The first kappa shape index (κ1) is 5.57. The van der Waals surface area contributed by atoms with E-state index in [-0.39, 0.29) is 0 Å². The summed E-state index contributed by atoms with van der Waals surface area (Å²) in [5.41, 5.74) is 0. The minimum Gasteiger partial charge on any atom is -0.369 e. The molecule has 0 radical (unpaired) electrons. The summed E-state index contributed by atoms with van der Waals surface area (Å²) in [6.45, 7) is 0.784. The molecule has 2 unspecified atom stereocenters. The monoisotopic (exact) mass is 140 g/mol. The normalized spacial score (nSPS) is 39.1. The number of ether oxygens (including phenoxy) is 1. The fraction of sp³-hybridized carbons (Fsp3) is 0.429. The Morgan fingerprint density at radius 3 is 3.33 bits per heavy atom. The fourth-order valence-electron chi connectivity index (χ4n) is 1.06. The summed E-state index contributed by atoms with van der Waals surface area (Å²) in [6, 6.07) is 0. The van der Waals surface area contributed by atoms with E-state index in [1.807, 2.05) is 11.8 Å². The van der Waals surface area contributed by atoms with E-state index in [4.69, 9.17) is 4.74 Å². The van der Waals surface area contributed by atoms with Crippen LogP contribution in [0.15, 0.2) is 23.6 Å². The summed E-state index contributed by atoms with van der Waals surface area (Å²) in [7, 11) is 0. The number of thioether (sulfide) groups is 1. The molecule has 0 aromatic rings. The number of hydrogen-bond donors (Lipinski definition) is 0. The first-order valence-corrected chi connectivity index (χ1v) is 4.01. The lowest BCUT2D eigenvalue weighted by Gasteiger charge is -2.18. The molecule has 0 bridgehead atoms. The Morgan fingerprint density at radius 2 is 2.44 bits per heavy atom. The van der Waals surface area contributed by atoms with Crippen molar-refractivity contribution in [2.24, 2.45) is 0 Å². The molecule has 0 amide bonds. The molecule has 2 aliphatic rings. The Balaban J connectivity index is 2.16. The summed E-state index contributed by atoms with van der Waals surface area (Å²) in [5, 5.41) is 2.68. The maximum absolute atomic E-state index is 5.41. The van der Waals surface area contributed by atoms with Gasteiger partial charge in [-0.1, -0.05) is 12.2 Å². The van der Waals surface area contributed by atoms with Crippen LogP contribution >= 0.6 is 11.8 Å². The van der Waals surface area contributed by atoms with Gasteiger partial charge in [0.25, 0.3) is 0 Å². The van der Waals surface area contributed by atoms with Gasteiger partial charge in [-0.15, -0.1) is 11.8 Å². The fourth-order valence-corrected chi connectivity index (χ4v) is 2.02. The van der Waals surface area contributed by atoms with Gasteiger partial charge in [-0.25, -0.2) is 0 Å². The van der Waals surface area contributed by atoms with Crippen LogP contribution in [0.2, 0.25) is 0 Å². The molecule has 0 fully saturated rings. The first-order chi connectivity index (χ1) is 4.47. The molecule has 0 N–H and O–H groups in total. The molecule has 1 nitrogen and oxygen atoms in total.